The smallest absolute Gasteiger partial charge is 0.229 e. The van der Waals surface area contributed by atoms with Crippen LogP contribution < -0.4 is 10.6 Å². The van der Waals surface area contributed by atoms with Gasteiger partial charge >= 0.3 is 0 Å². The quantitative estimate of drug-likeness (QED) is 0.648. The largest absolute Gasteiger partial charge is 0.338 e. The van der Waals surface area contributed by atoms with Gasteiger partial charge in [0.25, 0.3) is 0 Å². The van der Waals surface area contributed by atoms with Crippen LogP contribution in [0.4, 0.5) is 23.1 Å². The van der Waals surface area contributed by atoms with Crippen LogP contribution in [0.15, 0.2) is 54.7 Å². The fourth-order valence-electron chi connectivity index (χ4n) is 2.07. The summed E-state index contributed by atoms with van der Waals surface area (Å²) in [6.45, 7) is 2.02. The monoisotopic (exact) mass is 344 g/mol. The standard InChI is InChI=1S/C17H14Cl2N4/c1-11-5-2-3-8-14(11)21-17-20-10-9-15(23-17)22-16-12(18)6-4-7-13(16)19/h2-10H,1H3,(H2,20,21,22,23). The molecular weight excluding hydrogens is 331 g/mol. The maximum Gasteiger partial charge on any atom is 0.229 e. The Kier molecular flexibility index (Phi) is 4.65. The minimum atomic E-state index is 0.493. The maximum absolute atomic E-state index is 6.16. The van der Waals surface area contributed by atoms with Gasteiger partial charge in [0.15, 0.2) is 0 Å². The molecule has 2 N–H and O–H groups in total. The number of aromatic nitrogens is 2. The van der Waals surface area contributed by atoms with E-state index in [0.717, 1.165) is 11.3 Å². The lowest BCUT2D eigenvalue weighted by molar-refractivity contribution is 1.16. The summed E-state index contributed by atoms with van der Waals surface area (Å²) in [4.78, 5) is 8.67. The average molecular weight is 345 g/mol. The lowest BCUT2D eigenvalue weighted by atomic mass is 10.2. The summed E-state index contributed by atoms with van der Waals surface area (Å²) in [6, 6.07) is 15.0. The van der Waals surface area contributed by atoms with Gasteiger partial charge < -0.3 is 10.6 Å². The van der Waals surface area contributed by atoms with Crippen molar-refractivity contribution in [1.82, 2.24) is 9.97 Å². The van der Waals surface area contributed by atoms with Crippen LogP contribution in [0.3, 0.4) is 0 Å². The molecule has 0 amide bonds. The number of para-hydroxylation sites is 2. The molecule has 0 aliphatic heterocycles. The molecule has 0 aliphatic rings. The summed E-state index contributed by atoms with van der Waals surface area (Å²) in [5.74, 6) is 1.10. The van der Waals surface area contributed by atoms with E-state index in [9.17, 15) is 0 Å². The van der Waals surface area contributed by atoms with Crippen LogP contribution in [0.2, 0.25) is 10.0 Å². The van der Waals surface area contributed by atoms with Crippen LogP contribution in [0.5, 0.6) is 0 Å². The third kappa shape index (κ3) is 3.73. The highest BCUT2D eigenvalue weighted by molar-refractivity contribution is 6.39. The summed E-state index contributed by atoms with van der Waals surface area (Å²) in [7, 11) is 0. The van der Waals surface area contributed by atoms with Gasteiger partial charge in [0.2, 0.25) is 5.95 Å². The second-order valence-corrected chi connectivity index (χ2v) is 5.74. The topological polar surface area (TPSA) is 49.8 Å². The lowest BCUT2D eigenvalue weighted by Crippen LogP contribution is -2.01. The van der Waals surface area contributed by atoms with E-state index in [1.807, 2.05) is 31.2 Å². The van der Waals surface area contributed by atoms with Crippen LogP contribution in [0.1, 0.15) is 5.56 Å². The molecule has 2 aromatic carbocycles. The van der Waals surface area contributed by atoms with Crippen LogP contribution in [-0.2, 0) is 0 Å². The molecule has 1 heterocycles. The molecule has 0 atom stereocenters. The third-order valence-electron chi connectivity index (χ3n) is 3.26. The van der Waals surface area contributed by atoms with Crippen molar-refractivity contribution in [3.8, 4) is 0 Å². The van der Waals surface area contributed by atoms with Gasteiger partial charge in [-0.2, -0.15) is 4.98 Å². The number of aryl methyl sites for hydroxylation is 1. The molecule has 0 saturated carbocycles. The lowest BCUT2D eigenvalue weighted by Gasteiger charge is -2.11. The Morgan fingerprint density at radius 3 is 2.35 bits per heavy atom. The van der Waals surface area contributed by atoms with E-state index in [4.69, 9.17) is 23.2 Å². The number of rotatable bonds is 4. The Morgan fingerprint density at radius 1 is 0.870 bits per heavy atom. The first-order valence-corrected chi connectivity index (χ1v) is 7.76. The van der Waals surface area contributed by atoms with Gasteiger partial charge in [-0.3, -0.25) is 0 Å². The highest BCUT2D eigenvalue weighted by Crippen LogP contribution is 2.32. The number of nitrogens with zero attached hydrogens (tertiary/aromatic N) is 2. The summed E-state index contributed by atoms with van der Waals surface area (Å²) in [6.07, 6.45) is 1.67. The molecule has 3 rings (SSSR count). The van der Waals surface area contributed by atoms with Gasteiger partial charge in [-0.05, 0) is 36.8 Å². The molecule has 3 aromatic rings. The van der Waals surface area contributed by atoms with E-state index in [2.05, 4.69) is 20.6 Å². The molecule has 0 unspecified atom stereocenters. The fraction of sp³-hybridized carbons (Fsp3) is 0.0588. The maximum atomic E-state index is 6.16. The zero-order valence-electron chi connectivity index (χ0n) is 12.3. The van der Waals surface area contributed by atoms with Crippen molar-refractivity contribution in [2.75, 3.05) is 10.6 Å². The van der Waals surface area contributed by atoms with Crippen molar-refractivity contribution in [2.45, 2.75) is 6.92 Å². The van der Waals surface area contributed by atoms with E-state index in [1.54, 1.807) is 30.5 Å². The molecule has 0 saturated heterocycles. The SMILES string of the molecule is Cc1ccccc1Nc1nccc(Nc2c(Cl)cccc2Cl)n1. The Labute approximate surface area is 144 Å². The van der Waals surface area contributed by atoms with Crippen molar-refractivity contribution >= 4 is 46.3 Å². The normalized spacial score (nSPS) is 10.4. The van der Waals surface area contributed by atoms with Gasteiger partial charge in [0, 0.05) is 11.9 Å². The number of halogens is 2. The first-order valence-electron chi connectivity index (χ1n) is 7.00. The van der Waals surface area contributed by atoms with Gasteiger partial charge in [-0.15, -0.1) is 0 Å². The van der Waals surface area contributed by atoms with Crippen molar-refractivity contribution in [3.63, 3.8) is 0 Å². The Bertz CT molecular complexity index is 816. The molecule has 116 valence electrons. The van der Waals surface area contributed by atoms with E-state index in [0.29, 0.717) is 27.5 Å². The van der Waals surface area contributed by atoms with E-state index in [-0.39, 0.29) is 0 Å². The molecule has 4 nitrogen and oxygen atoms in total. The van der Waals surface area contributed by atoms with Crippen molar-refractivity contribution < 1.29 is 0 Å². The molecular formula is C17H14Cl2N4. The summed E-state index contributed by atoms with van der Waals surface area (Å²) >= 11 is 12.3. The van der Waals surface area contributed by atoms with Gasteiger partial charge in [-0.25, -0.2) is 4.98 Å². The van der Waals surface area contributed by atoms with Crippen LogP contribution >= 0.6 is 23.2 Å². The van der Waals surface area contributed by atoms with Gasteiger partial charge in [0.1, 0.15) is 5.82 Å². The number of anilines is 4. The van der Waals surface area contributed by atoms with Crippen LogP contribution in [0.25, 0.3) is 0 Å². The van der Waals surface area contributed by atoms with E-state index in [1.165, 1.54) is 0 Å². The van der Waals surface area contributed by atoms with E-state index >= 15 is 0 Å². The molecule has 0 bridgehead atoms. The predicted octanol–water partition coefficient (Wildman–Crippen LogP) is 5.58. The summed E-state index contributed by atoms with van der Waals surface area (Å²) in [5, 5.41) is 7.39. The molecule has 1 aromatic heterocycles. The number of benzene rings is 2. The minimum absolute atomic E-state index is 0.493. The molecule has 23 heavy (non-hydrogen) atoms. The van der Waals surface area contributed by atoms with Crippen molar-refractivity contribution in [1.29, 1.82) is 0 Å². The highest BCUT2D eigenvalue weighted by atomic mass is 35.5. The Morgan fingerprint density at radius 2 is 1.61 bits per heavy atom. The Hall–Kier alpha value is -2.30. The predicted molar refractivity (Wildman–Crippen MR) is 96.2 cm³/mol. The van der Waals surface area contributed by atoms with Crippen LogP contribution in [-0.4, -0.2) is 9.97 Å². The first-order chi connectivity index (χ1) is 11.1. The average Bonchev–Trinajstić information content (AvgIpc) is 2.54. The summed E-state index contributed by atoms with van der Waals surface area (Å²) < 4.78 is 0. The first kappa shape index (κ1) is 15.6. The zero-order valence-corrected chi connectivity index (χ0v) is 13.9. The molecule has 0 spiro atoms. The van der Waals surface area contributed by atoms with Gasteiger partial charge in [0.05, 0.1) is 15.7 Å². The van der Waals surface area contributed by atoms with Gasteiger partial charge in [-0.1, -0.05) is 47.5 Å². The van der Waals surface area contributed by atoms with Crippen molar-refractivity contribution in [2.24, 2.45) is 0 Å². The number of hydrogen-bond acceptors (Lipinski definition) is 4. The molecule has 0 radical (unpaired) electrons. The number of nitrogens with one attached hydrogen (secondary N) is 2. The fourth-order valence-corrected chi connectivity index (χ4v) is 2.56. The molecule has 6 heteroatoms. The molecule has 0 aliphatic carbocycles. The van der Waals surface area contributed by atoms with Crippen molar-refractivity contribution in [3.05, 3.63) is 70.3 Å². The van der Waals surface area contributed by atoms with Crippen LogP contribution in [0, 0.1) is 6.92 Å². The zero-order chi connectivity index (χ0) is 16.2. The van der Waals surface area contributed by atoms with E-state index < -0.39 is 0 Å². The Balaban J connectivity index is 1.84. The second kappa shape index (κ2) is 6.86. The minimum Gasteiger partial charge on any atom is -0.338 e. The third-order valence-corrected chi connectivity index (χ3v) is 3.89. The number of hydrogen-bond donors (Lipinski definition) is 2. The second-order valence-electron chi connectivity index (χ2n) is 4.93. The molecule has 0 fully saturated rings. The summed E-state index contributed by atoms with van der Waals surface area (Å²) in [5.41, 5.74) is 2.69. The highest BCUT2D eigenvalue weighted by Gasteiger charge is 2.07.